The summed E-state index contributed by atoms with van der Waals surface area (Å²) in [5.41, 5.74) is 19.8. The van der Waals surface area contributed by atoms with Crippen LogP contribution in [0.5, 0.6) is 0 Å². The molecule has 10 aromatic rings. The van der Waals surface area contributed by atoms with Crippen LogP contribution in [-0.4, -0.2) is 19.6 Å². The zero-order chi connectivity index (χ0) is 51.5. The standard InChI is InChI=1S/C44H34O6P4.C14H14N2.2ClH.Ru/c45-53(46,47)37-23-25-39-31(29-37)21-27-41(51(33-13-5-1-6-14-33)34-15-7-2-8-16-34)43(39)44-40-26-24-38(54(48,49)50)30-32(40)22-28-42(44)52(35-17-9-3-10-18-35)36-19-11-4-12-20-36;15-13(11-7-3-1-4-8-11)14(16)12-9-5-2-6-10-12;;;/h1-30H,(H2,45,46,47)(H2,48,49,50);1-10,13-16H;2*1H;/q;-2;;;+4. The molecular formula is C58H50Cl2N2O6P4Ru+2. The van der Waals surface area contributed by atoms with Gasteiger partial charge >= 0.3 is 49.7 Å². The van der Waals surface area contributed by atoms with Gasteiger partial charge in [-0.2, -0.15) is 0 Å². The zero-order valence-electron chi connectivity index (χ0n) is 38.9. The molecule has 0 spiro atoms. The Balaban J connectivity index is 0.000000314. The maximum absolute atomic E-state index is 12.6. The average molecular weight is 1170 g/mol. The molecule has 2 atom stereocenters. The summed E-state index contributed by atoms with van der Waals surface area (Å²) in [6.45, 7) is 0. The Labute approximate surface area is 443 Å². The molecule has 0 saturated carbocycles. The van der Waals surface area contributed by atoms with E-state index in [0.29, 0.717) is 10.8 Å². The van der Waals surface area contributed by atoms with Crippen molar-refractivity contribution in [2.24, 2.45) is 0 Å². The van der Waals surface area contributed by atoms with Gasteiger partial charge < -0.3 is 31.0 Å². The molecule has 6 N–H and O–H groups in total. The molecule has 0 aromatic heterocycles. The molecule has 0 heterocycles. The van der Waals surface area contributed by atoms with Gasteiger partial charge in [0.15, 0.2) is 0 Å². The number of halogens is 2. The van der Waals surface area contributed by atoms with Gasteiger partial charge in [0, 0.05) is 11.1 Å². The predicted molar refractivity (Wildman–Crippen MR) is 309 cm³/mol. The summed E-state index contributed by atoms with van der Waals surface area (Å²) in [5.74, 6) is 0. The van der Waals surface area contributed by atoms with Crippen molar-refractivity contribution in [3.8, 4) is 11.1 Å². The van der Waals surface area contributed by atoms with Gasteiger partial charge in [0.1, 0.15) is 31.8 Å². The molecule has 0 aliphatic rings. The first-order chi connectivity index (χ1) is 35.3. The molecule has 8 nitrogen and oxygen atoms in total. The third-order valence-electron chi connectivity index (χ3n) is 12.4. The van der Waals surface area contributed by atoms with Gasteiger partial charge in [-0.25, -0.2) is 0 Å². The number of benzene rings is 10. The molecule has 15 heteroatoms. The molecule has 0 aliphatic carbocycles. The fourth-order valence-corrected chi connectivity index (χ4v) is 15.7. The molecule has 0 bridgehead atoms. The molecule has 0 aliphatic heterocycles. The van der Waals surface area contributed by atoms with Crippen LogP contribution < -0.4 is 42.4 Å². The maximum atomic E-state index is 12.6. The molecule has 10 aromatic carbocycles. The Kier molecular flexibility index (Phi) is 18.6. The summed E-state index contributed by atoms with van der Waals surface area (Å²) in [4.78, 5) is 40.9. The number of hydrogen-bond acceptors (Lipinski definition) is 2. The minimum absolute atomic E-state index is 0.0619. The van der Waals surface area contributed by atoms with Gasteiger partial charge in [0.2, 0.25) is 0 Å². The molecule has 0 radical (unpaired) electrons. The van der Waals surface area contributed by atoms with Crippen molar-refractivity contribution < 1.29 is 43.8 Å². The minimum atomic E-state index is -4.56. The van der Waals surface area contributed by atoms with Crippen LogP contribution in [0.2, 0.25) is 0 Å². The van der Waals surface area contributed by atoms with E-state index in [-0.39, 0.29) is 25.8 Å². The normalized spacial score (nSPS) is 12.4. The predicted octanol–water partition coefficient (Wildman–Crippen LogP) is 12.2. The van der Waals surface area contributed by atoms with E-state index >= 15 is 0 Å². The van der Waals surface area contributed by atoms with E-state index < -0.39 is 43.1 Å². The molecule has 73 heavy (non-hydrogen) atoms. The van der Waals surface area contributed by atoms with Crippen molar-refractivity contribution in [1.82, 2.24) is 0 Å². The number of fused-ring (bicyclic) bond motifs is 2. The van der Waals surface area contributed by atoms with E-state index in [2.05, 4.69) is 109 Å². The van der Waals surface area contributed by atoms with E-state index in [1.54, 1.807) is 12.1 Å². The Bertz CT molecular complexity index is 3200. The van der Waals surface area contributed by atoms with Crippen molar-refractivity contribution in [2.45, 2.75) is 12.1 Å². The van der Waals surface area contributed by atoms with Gasteiger partial charge in [-0.05, 0) is 106 Å². The van der Waals surface area contributed by atoms with Crippen molar-refractivity contribution in [1.29, 1.82) is 0 Å². The third-order valence-corrected chi connectivity index (χ3v) is 19.8. The number of hydrogen-bond donors (Lipinski definition) is 4. The smallest absolute Gasteiger partial charge is 0.0606 e. The Morgan fingerprint density at radius 1 is 0.384 bits per heavy atom. The van der Waals surface area contributed by atoms with Crippen LogP contribution in [0.25, 0.3) is 44.1 Å². The van der Waals surface area contributed by atoms with Crippen molar-refractivity contribution in [3.63, 3.8) is 0 Å². The summed E-state index contributed by atoms with van der Waals surface area (Å²) >= 11 is -0.346. The first-order valence-electron chi connectivity index (χ1n) is 22.9. The van der Waals surface area contributed by atoms with Crippen molar-refractivity contribution >= 4 is 114 Å². The van der Waals surface area contributed by atoms with Gasteiger partial charge in [0.05, 0.1) is 26.5 Å². The van der Waals surface area contributed by atoms with Crippen LogP contribution in [0.15, 0.2) is 243 Å². The Morgan fingerprint density at radius 3 is 0.904 bits per heavy atom. The quantitative estimate of drug-likeness (QED) is 0.0703. The molecule has 0 amide bonds. The van der Waals surface area contributed by atoms with Crippen LogP contribution in [0.4, 0.5) is 0 Å². The first-order valence-corrected chi connectivity index (χ1v) is 33.6. The van der Waals surface area contributed by atoms with E-state index in [9.17, 15) is 28.7 Å². The van der Waals surface area contributed by atoms with Crippen LogP contribution in [-0.2, 0) is 24.3 Å². The topological polar surface area (TPSA) is 163 Å². The summed E-state index contributed by atoms with van der Waals surface area (Å²) in [5, 5.41) is 9.75. The fourth-order valence-electron chi connectivity index (χ4n) is 9.03. The van der Waals surface area contributed by atoms with Crippen LogP contribution in [0, 0.1) is 0 Å². The molecular weight excluding hydrogens is 1120 g/mol. The Hall–Kier alpha value is -5.00. The second kappa shape index (κ2) is 25.0. The van der Waals surface area contributed by atoms with Crippen LogP contribution >= 0.6 is 50.4 Å². The van der Waals surface area contributed by atoms with E-state index in [0.717, 1.165) is 43.6 Å². The molecule has 10 rings (SSSR count). The van der Waals surface area contributed by atoms with Crippen LogP contribution in [0.1, 0.15) is 23.2 Å². The molecule has 0 saturated heterocycles. The zero-order valence-corrected chi connectivity index (χ0v) is 45.9. The van der Waals surface area contributed by atoms with Gasteiger partial charge in [-0.1, -0.05) is 169 Å². The molecule has 368 valence electrons. The second-order valence-corrected chi connectivity index (χ2v) is 27.7. The fraction of sp³-hybridized carbons (Fsp3) is 0.0345. The van der Waals surface area contributed by atoms with Gasteiger partial charge in [0.25, 0.3) is 0 Å². The molecule has 0 fully saturated rings. The largest absolute Gasteiger partial charge is 0.672 e. The third kappa shape index (κ3) is 13.1. The van der Waals surface area contributed by atoms with Gasteiger partial charge in [-0.3, -0.25) is 9.13 Å². The summed E-state index contributed by atoms with van der Waals surface area (Å²) in [7, 11) is -2.86. The van der Waals surface area contributed by atoms with Crippen molar-refractivity contribution in [3.05, 3.63) is 265 Å². The maximum Gasteiger partial charge on any atom is -0.0606 e. The number of rotatable bonds is 12. The molecule has 2 unspecified atom stereocenters. The van der Waals surface area contributed by atoms with Gasteiger partial charge in [-0.15, -0.1) is 12.1 Å². The summed E-state index contributed by atoms with van der Waals surface area (Å²) in [6, 6.07) is 77.8. The van der Waals surface area contributed by atoms with E-state index in [1.165, 1.54) is 33.4 Å². The average Bonchev–Trinajstić information content (AvgIpc) is 3.42. The van der Waals surface area contributed by atoms with Crippen molar-refractivity contribution in [2.75, 3.05) is 0 Å². The summed E-state index contributed by atoms with van der Waals surface area (Å²) in [6.07, 6.45) is 0. The SMILES string of the molecule is O=P(O)(O)c1ccc2c(-c3c([PH+](c4ccccc4)c4ccccc4)ccc4cc(P(=O)(O)O)ccc34)c([PH+](c3ccccc3)c3ccccc3)ccc2c1.[Cl][Ru+2][Cl].[NH-]C(c1ccccc1)C([NH-])c1ccccc1. The Morgan fingerprint density at radius 2 is 0.644 bits per heavy atom. The summed E-state index contributed by atoms with van der Waals surface area (Å²) < 4.78 is 25.1. The van der Waals surface area contributed by atoms with E-state index in [4.69, 9.17) is 30.8 Å². The van der Waals surface area contributed by atoms with Crippen LogP contribution in [0.3, 0.4) is 0 Å². The van der Waals surface area contributed by atoms with E-state index in [1.807, 2.05) is 109 Å². The first kappa shape index (κ1) is 54.3. The second-order valence-electron chi connectivity index (χ2n) is 16.9. The minimum Gasteiger partial charge on any atom is -0.672 e. The monoisotopic (exact) mass is 1170 g/mol. The number of nitrogens with one attached hydrogen (secondary N) is 2.